The van der Waals surface area contributed by atoms with E-state index in [0.29, 0.717) is 18.1 Å². The highest BCUT2D eigenvalue weighted by atomic mass is 16.6. The summed E-state index contributed by atoms with van der Waals surface area (Å²) >= 11 is 0. The molecule has 0 aromatic carbocycles. The number of rotatable bonds is 6. The van der Waals surface area contributed by atoms with E-state index in [1.54, 1.807) is 12.3 Å². The Morgan fingerprint density at radius 3 is 2.57 bits per heavy atom. The van der Waals surface area contributed by atoms with Crippen molar-refractivity contribution in [3.05, 3.63) is 23.4 Å². The van der Waals surface area contributed by atoms with Gasteiger partial charge in [-0.3, -0.25) is 0 Å². The third-order valence-corrected chi connectivity index (χ3v) is 4.18. The summed E-state index contributed by atoms with van der Waals surface area (Å²) in [6.45, 7) is 4.04. The van der Waals surface area contributed by atoms with Gasteiger partial charge in [0.25, 0.3) is 0 Å². The molecule has 0 spiro atoms. The standard InChI is InChI=1S/C17H23NO5/c1-12-6-7-18-16(22-10-13-4-2-8-20-13)15(12)17(19)23-11-14-5-3-9-21-14/h6-7,13-14H,2-5,8-11H2,1H3. The Labute approximate surface area is 136 Å². The summed E-state index contributed by atoms with van der Waals surface area (Å²) in [4.78, 5) is 16.6. The summed E-state index contributed by atoms with van der Waals surface area (Å²) in [7, 11) is 0. The van der Waals surface area contributed by atoms with E-state index < -0.39 is 5.97 Å². The molecule has 23 heavy (non-hydrogen) atoms. The molecule has 1 aromatic rings. The molecule has 6 nitrogen and oxygen atoms in total. The predicted octanol–water partition coefficient (Wildman–Crippen LogP) is 2.28. The first-order valence-electron chi connectivity index (χ1n) is 8.23. The molecule has 3 heterocycles. The molecular formula is C17H23NO5. The number of nitrogens with zero attached hydrogens (tertiary/aromatic N) is 1. The monoisotopic (exact) mass is 321 g/mol. The maximum Gasteiger partial charge on any atom is 0.344 e. The van der Waals surface area contributed by atoms with Crippen molar-refractivity contribution in [3.8, 4) is 5.88 Å². The van der Waals surface area contributed by atoms with Gasteiger partial charge in [0.1, 0.15) is 18.8 Å². The average molecular weight is 321 g/mol. The minimum absolute atomic E-state index is 0.00665. The zero-order chi connectivity index (χ0) is 16.1. The van der Waals surface area contributed by atoms with Crippen LogP contribution in [0.5, 0.6) is 5.88 Å². The lowest BCUT2D eigenvalue weighted by Crippen LogP contribution is -2.21. The second-order valence-electron chi connectivity index (χ2n) is 5.99. The zero-order valence-electron chi connectivity index (χ0n) is 13.5. The van der Waals surface area contributed by atoms with Crippen LogP contribution in [0.1, 0.15) is 41.6 Å². The van der Waals surface area contributed by atoms with Gasteiger partial charge in [-0.25, -0.2) is 9.78 Å². The lowest BCUT2D eigenvalue weighted by atomic mass is 10.1. The van der Waals surface area contributed by atoms with E-state index in [-0.39, 0.29) is 18.8 Å². The lowest BCUT2D eigenvalue weighted by Gasteiger charge is -2.15. The van der Waals surface area contributed by atoms with Crippen LogP contribution in [0.4, 0.5) is 0 Å². The molecule has 2 saturated heterocycles. The average Bonchev–Trinajstić information content (AvgIpc) is 3.24. The normalized spacial score (nSPS) is 23.9. The van der Waals surface area contributed by atoms with Crippen molar-refractivity contribution in [2.75, 3.05) is 26.4 Å². The smallest absolute Gasteiger partial charge is 0.344 e. The van der Waals surface area contributed by atoms with Gasteiger partial charge in [-0.1, -0.05) is 0 Å². The Kier molecular flexibility index (Phi) is 5.46. The van der Waals surface area contributed by atoms with Crippen LogP contribution in [0.2, 0.25) is 0 Å². The highest BCUT2D eigenvalue weighted by Gasteiger charge is 2.23. The first kappa shape index (κ1) is 16.2. The minimum Gasteiger partial charge on any atom is -0.474 e. The maximum atomic E-state index is 12.4. The topological polar surface area (TPSA) is 66.9 Å². The Balaban J connectivity index is 1.62. The van der Waals surface area contributed by atoms with Crippen LogP contribution >= 0.6 is 0 Å². The molecule has 0 amide bonds. The van der Waals surface area contributed by atoms with Crippen LogP contribution in [0, 0.1) is 6.92 Å². The molecule has 1 aromatic heterocycles. The molecular weight excluding hydrogens is 298 g/mol. The van der Waals surface area contributed by atoms with Gasteiger partial charge in [-0.2, -0.15) is 0 Å². The van der Waals surface area contributed by atoms with E-state index in [2.05, 4.69) is 4.98 Å². The lowest BCUT2D eigenvalue weighted by molar-refractivity contribution is 0.0153. The number of aryl methyl sites for hydroxylation is 1. The number of ether oxygens (including phenoxy) is 4. The van der Waals surface area contributed by atoms with E-state index in [1.165, 1.54) is 0 Å². The summed E-state index contributed by atoms with van der Waals surface area (Å²) in [5.74, 6) is -0.0914. The zero-order valence-corrected chi connectivity index (χ0v) is 13.5. The SMILES string of the molecule is Cc1ccnc(OCC2CCCO2)c1C(=O)OCC1CCCO1. The van der Waals surface area contributed by atoms with Gasteiger partial charge < -0.3 is 18.9 Å². The Bertz CT molecular complexity index is 536. The molecule has 2 fully saturated rings. The second kappa shape index (κ2) is 7.75. The second-order valence-corrected chi connectivity index (χ2v) is 5.99. The van der Waals surface area contributed by atoms with Crippen molar-refractivity contribution in [2.24, 2.45) is 0 Å². The van der Waals surface area contributed by atoms with Crippen molar-refractivity contribution >= 4 is 5.97 Å². The van der Waals surface area contributed by atoms with Crippen LogP contribution < -0.4 is 4.74 Å². The fourth-order valence-corrected chi connectivity index (χ4v) is 2.86. The largest absolute Gasteiger partial charge is 0.474 e. The molecule has 6 heteroatoms. The highest BCUT2D eigenvalue weighted by molar-refractivity contribution is 5.93. The Morgan fingerprint density at radius 1 is 1.22 bits per heavy atom. The molecule has 0 N–H and O–H groups in total. The van der Waals surface area contributed by atoms with Crippen molar-refractivity contribution in [3.63, 3.8) is 0 Å². The van der Waals surface area contributed by atoms with Gasteiger partial charge in [0, 0.05) is 19.4 Å². The van der Waals surface area contributed by atoms with Gasteiger partial charge in [-0.05, 0) is 44.2 Å². The van der Waals surface area contributed by atoms with Crippen LogP contribution in [-0.2, 0) is 14.2 Å². The molecule has 2 unspecified atom stereocenters. The van der Waals surface area contributed by atoms with Crippen LogP contribution in [0.25, 0.3) is 0 Å². The van der Waals surface area contributed by atoms with Gasteiger partial charge >= 0.3 is 5.97 Å². The maximum absolute atomic E-state index is 12.4. The van der Waals surface area contributed by atoms with E-state index in [0.717, 1.165) is 44.5 Å². The van der Waals surface area contributed by atoms with E-state index >= 15 is 0 Å². The first-order valence-corrected chi connectivity index (χ1v) is 8.23. The number of hydrogen-bond acceptors (Lipinski definition) is 6. The van der Waals surface area contributed by atoms with Crippen LogP contribution in [-0.4, -0.2) is 49.6 Å². The van der Waals surface area contributed by atoms with Crippen LogP contribution in [0.3, 0.4) is 0 Å². The molecule has 2 aliphatic rings. The van der Waals surface area contributed by atoms with Crippen molar-refractivity contribution in [1.82, 2.24) is 4.98 Å². The summed E-state index contributed by atoms with van der Waals surface area (Å²) in [6, 6.07) is 1.78. The van der Waals surface area contributed by atoms with Gasteiger partial charge in [0.2, 0.25) is 5.88 Å². The van der Waals surface area contributed by atoms with E-state index in [9.17, 15) is 4.79 Å². The fourth-order valence-electron chi connectivity index (χ4n) is 2.86. The molecule has 126 valence electrons. The highest BCUT2D eigenvalue weighted by Crippen LogP contribution is 2.22. The molecule has 0 saturated carbocycles. The number of carbonyl (C=O) groups excluding carboxylic acids is 1. The minimum atomic E-state index is -0.409. The predicted molar refractivity (Wildman–Crippen MR) is 82.7 cm³/mol. The van der Waals surface area contributed by atoms with Crippen molar-refractivity contribution < 1.29 is 23.7 Å². The summed E-state index contributed by atoms with van der Waals surface area (Å²) in [6.07, 6.45) is 5.69. The van der Waals surface area contributed by atoms with E-state index in [1.807, 2.05) is 6.92 Å². The molecule has 2 aliphatic heterocycles. The third-order valence-electron chi connectivity index (χ3n) is 4.18. The fraction of sp³-hybridized carbons (Fsp3) is 0.647. The number of carbonyl (C=O) groups is 1. The number of esters is 1. The van der Waals surface area contributed by atoms with Crippen molar-refractivity contribution in [2.45, 2.75) is 44.8 Å². The molecule has 0 bridgehead atoms. The molecule has 2 atom stereocenters. The third kappa shape index (κ3) is 4.20. The summed E-state index contributed by atoms with van der Waals surface area (Å²) in [5, 5.41) is 0. The molecule has 3 rings (SSSR count). The van der Waals surface area contributed by atoms with Gasteiger partial charge in [-0.15, -0.1) is 0 Å². The summed E-state index contributed by atoms with van der Waals surface area (Å²) in [5.41, 5.74) is 1.18. The van der Waals surface area contributed by atoms with Crippen LogP contribution in [0.15, 0.2) is 12.3 Å². The number of pyridine rings is 1. The summed E-state index contributed by atoms with van der Waals surface area (Å²) < 4.78 is 22.1. The number of aromatic nitrogens is 1. The Hall–Kier alpha value is -1.66. The quantitative estimate of drug-likeness (QED) is 0.749. The molecule has 0 aliphatic carbocycles. The van der Waals surface area contributed by atoms with Gasteiger partial charge in [0.15, 0.2) is 0 Å². The van der Waals surface area contributed by atoms with Gasteiger partial charge in [0.05, 0.1) is 12.2 Å². The van der Waals surface area contributed by atoms with E-state index in [4.69, 9.17) is 18.9 Å². The Morgan fingerprint density at radius 2 is 1.91 bits per heavy atom. The number of hydrogen-bond donors (Lipinski definition) is 0. The molecule has 0 radical (unpaired) electrons. The first-order chi connectivity index (χ1) is 11.2. The van der Waals surface area contributed by atoms with Crippen molar-refractivity contribution in [1.29, 1.82) is 0 Å².